The van der Waals surface area contributed by atoms with E-state index in [0.717, 1.165) is 19.3 Å². The minimum absolute atomic E-state index is 0.0852. The van der Waals surface area contributed by atoms with E-state index < -0.39 is 17.1 Å². The molecule has 0 aromatic carbocycles. The first-order chi connectivity index (χ1) is 16.7. The van der Waals surface area contributed by atoms with Crippen LogP contribution in [0.5, 0.6) is 5.88 Å². The molecule has 4 unspecified atom stereocenters. The van der Waals surface area contributed by atoms with E-state index in [1.165, 1.54) is 11.1 Å². The topological polar surface area (TPSA) is 106 Å². The van der Waals surface area contributed by atoms with Crippen LogP contribution >= 0.6 is 0 Å². The predicted octanol–water partition coefficient (Wildman–Crippen LogP) is 4.03. The highest BCUT2D eigenvalue weighted by molar-refractivity contribution is 5.96. The number of fused-ring (bicyclic) bond motifs is 1. The lowest BCUT2D eigenvalue weighted by Gasteiger charge is -2.25. The molecule has 3 rings (SSSR count). The summed E-state index contributed by atoms with van der Waals surface area (Å²) in [5.74, 6) is 1.18. The lowest BCUT2D eigenvalue weighted by molar-refractivity contribution is 0.0872. The normalized spacial score (nSPS) is 27.9. The number of nitrogens with zero attached hydrogens (tertiary/aromatic N) is 3. The number of rotatable bonds is 9. The van der Waals surface area contributed by atoms with Gasteiger partial charge >= 0.3 is 6.09 Å². The van der Waals surface area contributed by atoms with Crippen LogP contribution < -0.4 is 10.1 Å². The Balaban J connectivity index is 1.78. The third kappa shape index (κ3) is 6.81. The molecule has 2 aliphatic carbocycles. The lowest BCUT2D eigenvalue weighted by Crippen LogP contribution is -2.42. The van der Waals surface area contributed by atoms with Gasteiger partial charge in [0, 0.05) is 37.7 Å². The Labute approximate surface area is 215 Å². The molecule has 2 N–H and O–H groups in total. The Bertz CT molecular complexity index is 969. The minimum Gasteiger partial charge on any atom is -0.477 e. The van der Waals surface area contributed by atoms with E-state index in [-0.39, 0.29) is 36.3 Å². The van der Waals surface area contributed by atoms with Crippen molar-refractivity contribution in [3.8, 4) is 5.88 Å². The molecule has 9 heteroatoms. The average Bonchev–Trinajstić information content (AvgIpc) is 3.26. The Hall–Kier alpha value is -2.55. The summed E-state index contributed by atoms with van der Waals surface area (Å²) in [6, 6.07) is -0.0883. The zero-order valence-electron chi connectivity index (χ0n) is 23.1. The average molecular weight is 505 g/mol. The first-order valence-electron chi connectivity index (χ1n) is 13.0. The molecule has 1 aromatic heterocycles. The van der Waals surface area contributed by atoms with Crippen LogP contribution in [0.25, 0.3) is 6.20 Å². The minimum atomic E-state index is -0.659. The molecule has 2 amide bonds. The van der Waals surface area contributed by atoms with E-state index in [0.29, 0.717) is 24.0 Å². The van der Waals surface area contributed by atoms with Crippen molar-refractivity contribution in [2.45, 2.75) is 72.4 Å². The van der Waals surface area contributed by atoms with Gasteiger partial charge in [-0.15, -0.1) is 0 Å². The van der Waals surface area contributed by atoms with Gasteiger partial charge < -0.3 is 24.8 Å². The van der Waals surface area contributed by atoms with E-state index in [1.54, 1.807) is 25.0 Å². The first kappa shape index (κ1) is 28.0. The molecule has 0 spiro atoms. The van der Waals surface area contributed by atoms with Crippen molar-refractivity contribution >= 4 is 18.2 Å². The smallest absolute Gasteiger partial charge is 0.409 e. The first-order valence-corrected chi connectivity index (χ1v) is 13.0. The maximum absolute atomic E-state index is 13.4. The van der Waals surface area contributed by atoms with Gasteiger partial charge in [0.1, 0.15) is 12.2 Å². The summed E-state index contributed by atoms with van der Waals surface area (Å²) in [4.78, 5) is 26.6. The summed E-state index contributed by atoms with van der Waals surface area (Å²) in [6.07, 6.45) is 7.24. The van der Waals surface area contributed by atoms with Crippen molar-refractivity contribution in [2.75, 3.05) is 27.3 Å². The van der Waals surface area contributed by atoms with E-state index in [2.05, 4.69) is 24.3 Å². The number of aliphatic hydroxyl groups is 1. The van der Waals surface area contributed by atoms with E-state index >= 15 is 0 Å². The van der Waals surface area contributed by atoms with Crippen LogP contribution in [-0.2, 0) is 4.74 Å². The molecule has 0 bridgehead atoms. The molecule has 9 nitrogen and oxygen atoms in total. The van der Waals surface area contributed by atoms with Crippen molar-refractivity contribution in [3.05, 3.63) is 17.8 Å². The van der Waals surface area contributed by atoms with Crippen LogP contribution in [0.15, 0.2) is 12.3 Å². The molecule has 36 heavy (non-hydrogen) atoms. The molecule has 2 fully saturated rings. The fourth-order valence-corrected chi connectivity index (χ4v) is 5.05. The molecule has 1 heterocycles. The molecule has 202 valence electrons. The van der Waals surface area contributed by atoms with Gasteiger partial charge in [-0.1, -0.05) is 47.6 Å². The summed E-state index contributed by atoms with van der Waals surface area (Å²) in [6.45, 7) is 12.9. The van der Waals surface area contributed by atoms with Crippen LogP contribution in [0.4, 0.5) is 4.79 Å². The molecular weight excluding hydrogens is 460 g/mol. The highest BCUT2D eigenvalue weighted by Gasteiger charge is 2.59. The Kier molecular flexibility index (Phi) is 8.43. The second-order valence-electron chi connectivity index (χ2n) is 12.2. The molecule has 0 saturated heterocycles. The maximum atomic E-state index is 13.4. The largest absolute Gasteiger partial charge is 0.477 e. The van der Waals surface area contributed by atoms with Gasteiger partial charge in [0.2, 0.25) is 5.88 Å². The molecule has 0 radical (unpaired) electrons. The predicted molar refractivity (Wildman–Crippen MR) is 139 cm³/mol. The van der Waals surface area contributed by atoms with Crippen molar-refractivity contribution in [3.63, 3.8) is 0 Å². The summed E-state index contributed by atoms with van der Waals surface area (Å²) in [5, 5.41) is 18.5. The molecule has 2 aliphatic rings. The van der Waals surface area contributed by atoms with Gasteiger partial charge in [-0.25, -0.2) is 9.48 Å². The van der Waals surface area contributed by atoms with Gasteiger partial charge in [-0.3, -0.25) is 4.79 Å². The van der Waals surface area contributed by atoms with Crippen molar-refractivity contribution in [1.29, 1.82) is 0 Å². The number of carbonyl (C=O) groups excluding carboxylic acids is 2. The summed E-state index contributed by atoms with van der Waals surface area (Å²) in [7, 11) is 3.28. The van der Waals surface area contributed by atoms with Crippen molar-refractivity contribution < 1.29 is 24.2 Å². The molecular formula is C27H44N4O5. The number of carbonyl (C=O) groups is 2. The third-order valence-corrected chi connectivity index (χ3v) is 7.07. The Morgan fingerprint density at radius 1 is 1.33 bits per heavy atom. The van der Waals surface area contributed by atoms with Crippen molar-refractivity contribution in [2.24, 2.45) is 29.1 Å². The van der Waals surface area contributed by atoms with Crippen LogP contribution in [0.1, 0.15) is 71.2 Å². The van der Waals surface area contributed by atoms with Crippen LogP contribution in [0.2, 0.25) is 0 Å². The molecule has 0 aliphatic heterocycles. The van der Waals surface area contributed by atoms with E-state index in [9.17, 15) is 14.7 Å². The Morgan fingerprint density at radius 2 is 2.03 bits per heavy atom. The number of aromatic nitrogens is 2. The molecule has 2 saturated carbocycles. The SMILES string of the molecule is CC(C)COc1c(C(=O)N[C@@H]2C(C)CC(C)CC3(O)CC23)cnn1/C=C/C(C)(C)COC(=O)N(C)C. The zero-order valence-corrected chi connectivity index (χ0v) is 23.1. The standard InChI is InChI=1S/C27H44N4O5/c1-17(2)15-35-24-20(14-28-31(24)10-9-26(5,6)16-36-25(33)30(7)8)23(32)29-22-19(4)11-18(3)12-27(34)13-21(22)27/h9-10,14,17-19,21-22,34H,11-13,15-16H2,1-8H3,(H,29,32)/b10-9+/t18?,19?,21?,22-,27?/m1/s1. The summed E-state index contributed by atoms with van der Waals surface area (Å²) in [5.41, 5.74) is -0.753. The fourth-order valence-electron chi connectivity index (χ4n) is 5.05. The number of amides is 2. The zero-order chi connectivity index (χ0) is 26.8. The second kappa shape index (κ2) is 10.8. The number of ether oxygens (including phenoxy) is 2. The van der Waals surface area contributed by atoms with Gasteiger partial charge in [0.25, 0.3) is 5.91 Å². The quantitative estimate of drug-likeness (QED) is 0.526. The maximum Gasteiger partial charge on any atom is 0.409 e. The van der Waals surface area contributed by atoms with E-state index in [1.807, 2.05) is 33.8 Å². The lowest BCUT2D eigenvalue weighted by atomic mass is 9.90. The monoisotopic (exact) mass is 504 g/mol. The fraction of sp³-hybridized carbons (Fsp3) is 0.741. The van der Waals surface area contributed by atoms with Gasteiger partial charge in [-0.2, -0.15) is 5.10 Å². The van der Waals surface area contributed by atoms with Crippen LogP contribution in [0.3, 0.4) is 0 Å². The molecule has 5 atom stereocenters. The summed E-state index contributed by atoms with van der Waals surface area (Å²) < 4.78 is 12.9. The van der Waals surface area contributed by atoms with Gasteiger partial charge in [0.05, 0.1) is 18.4 Å². The number of hydrogen-bond donors (Lipinski definition) is 2. The van der Waals surface area contributed by atoms with Crippen LogP contribution in [-0.4, -0.2) is 70.7 Å². The highest BCUT2D eigenvalue weighted by Crippen LogP contribution is 2.54. The molecule has 1 aromatic rings. The van der Waals surface area contributed by atoms with Gasteiger partial charge in [-0.05, 0) is 37.0 Å². The van der Waals surface area contributed by atoms with Crippen LogP contribution in [0, 0.1) is 29.1 Å². The number of nitrogens with one attached hydrogen (secondary N) is 1. The van der Waals surface area contributed by atoms with Gasteiger partial charge in [0.15, 0.2) is 0 Å². The second-order valence-corrected chi connectivity index (χ2v) is 12.2. The van der Waals surface area contributed by atoms with Crippen molar-refractivity contribution in [1.82, 2.24) is 20.0 Å². The highest BCUT2D eigenvalue weighted by atomic mass is 16.6. The summed E-state index contributed by atoms with van der Waals surface area (Å²) >= 11 is 0. The Morgan fingerprint density at radius 3 is 2.67 bits per heavy atom. The number of hydrogen-bond acceptors (Lipinski definition) is 6. The van der Waals surface area contributed by atoms with E-state index in [4.69, 9.17) is 9.47 Å². The third-order valence-electron chi connectivity index (χ3n) is 7.07.